The molecule has 0 fully saturated rings. The molecule has 4 nitrogen and oxygen atoms in total. The Labute approximate surface area is 198 Å². The molecule has 3 aromatic rings. The summed E-state index contributed by atoms with van der Waals surface area (Å²) in [5.41, 5.74) is 3.49. The molecule has 32 heavy (non-hydrogen) atoms. The first-order valence-corrected chi connectivity index (χ1v) is 11.2. The lowest BCUT2D eigenvalue weighted by atomic mass is 10.1. The van der Waals surface area contributed by atoms with Crippen molar-refractivity contribution in [3.8, 4) is 11.5 Å². The summed E-state index contributed by atoms with van der Waals surface area (Å²) >= 11 is 12.0. The third-order valence-electron chi connectivity index (χ3n) is 5.35. The molecule has 0 N–H and O–H groups in total. The predicted octanol–water partition coefficient (Wildman–Crippen LogP) is 7.03. The molecule has 3 aromatic carbocycles. The maximum absolute atomic E-state index is 12.8. The quantitative estimate of drug-likeness (QED) is 0.349. The largest absolute Gasteiger partial charge is 0.489 e. The van der Waals surface area contributed by atoms with E-state index in [9.17, 15) is 4.79 Å². The Kier molecular flexibility index (Phi) is 6.73. The number of benzene rings is 3. The summed E-state index contributed by atoms with van der Waals surface area (Å²) in [6.07, 6.45) is 1.77. The number of anilines is 1. The summed E-state index contributed by atoms with van der Waals surface area (Å²) in [6, 6.07) is 18.7. The summed E-state index contributed by atoms with van der Waals surface area (Å²) in [5, 5.41) is 0.984. The predicted molar refractivity (Wildman–Crippen MR) is 130 cm³/mol. The highest BCUT2D eigenvalue weighted by atomic mass is 35.5. The fraction of sp³-hybridized carbons (Fsp3) is 0.192. The summed E-state index contributed by atoms with van der Waals surface area (Å²) in [4.78, 5) is 15.0. The van der Waals surface area contributed by atoms with Crippen molar-refractivity contribution < 1.29 is 14.3 Å². The maximum atomic E-state index is 12.8. The van der Waals surface area contributed by atoms with Crippen LogP contribution in [0.25, 0.3) is 6.08 Å². The molecule has 0 atom stereocenters. The molecule has 0 bridgehead atoms. The smallest absolute Gasteiger partial charge is 0.231 e. The van der Waals surface area contributed by atoms with E-state index in [0.29, 0.717) is 39.5 Å². The second kappa shape index (κ2) is 9.68. The van der Waals surface area contributed by atoms with E-state index in [-0.39, 0.29) is 5.78 Å². The minimum absolute atomic E-state index is 0.135. The first-order valence-electron chi connectivity index (χ1n) is 10.5. The van der Waals surface area contributed by atoms with E-state index in [1.54, 1.807) is 36.4 Å². The molecule has 0 saturated heterocycles. The van der Waals surface area contributed by atoms with Crippen LogP contribution in [0, 0.1) is 0 Å². The van der Waals surface area contributed by atoms with E-state index in [1.807, 2.05) is 18.2 Å². The van der Waals surface area contributed by atoms with Gasteiger partial charge in [-0.25, -0.2) is 0 Å². The molecule has 0 amide bonds. The number of halogens is 2. The first-order chi connectivity index (χ1) is 15.5. The Morgan fingerprint density at radius 1 is 0.938 bits per heavy atom. The summed E-state index contributed by atoms with van der Waals surface area (Å²) in [5.74, 6) is 1.26. The van der Waals surface area contributed by atoms with Gasteiger partial charge in [0.15, 0.2) is 5.76 Å². The van der Waals surface area contributed by atoms with Crippen LogP contribution in [0.4, 0.5) is 5.69 Å². The molecule has 0 aromatic heterocycles. The van der Waals surface area contributed by atoms with Gasteiger partial charge >= 0.3 is 0 Å². The molecule has 1 heterocycles. The fourth-order valence-corrected chi connectivity index (χ4v) is 3.90. The second-order valence-electron chi connectivity index (χ2n) is 7.40. The van der Waals surface area contributed by atoms with E-state index in [2.05, 4.69) is 30.9 Å². The Morgan fingerprint density at radius 3 is 2.38 bits per heavy atom. The number of rotatable bonds is 7. The number of hydrogen-bond acceptors (Lipinski definition) is 4. The van der Waals surface area contributed by atoms with Crippen molar-refractivity contribution in [1.29, 1.82) is 0 Å². The van der Waals surface area contributed by atoms with Gasteiger partial charge in [-0.3, -0.25) is 4.79 Å². The zero-order chi connectivity index (χ0) is 22.7. The molecule has 0 spiro atoms. The lowest BCUT2D eigenvalue weighted by Gasteiger charge is -2.20. The van der Waals surface area contributed by atoms with Crippen LogP contribution in [0.15, 0.2) is 66.4 Å². The minimum atomic E-state index is -0.135. The SMILES string of the molecule is CCN(CC)c1ccc(/C=C2\Oc3cc(OCc4ccc(Cl)c(Cl)c4)ccc3C2=O)cc1. The van der Waals surface area contributed by atoms with E-state index in [1.165, 1.54) is 0 Å². The van der Waals surface area contributed by atoms with Gasteiger partial charge in [-0.1, -0.05) is 41.4 Å². The number of carbonyl (C=O) groups excluding carboxylic acids is 1. The van der Waals surface area contributed by atoms with Crippen molar-refractivity contribution in [3.05, 3.63) is 93.2 Å². The van der Waals surface area contributed by atoms with Crippen molar-refractivity contribution >= 4 is 40.7 Å². The van der Waals surface area contributed by atoms with E-state index >= 15 is 0 Å². The lowest BCUT2D eigenvalue weighted by Crippen LogP contribution is -2.21. The van der Waals surface area contributed by atoms with Crippen molar-refractivity contribution in [2.75, 3.05) is 18.0 Å². The van der Waals surface area contributed by atoms with Gasteiger partial charge in [-0.2, -0.15) is 0 Å². The molecule has 0 aliphatic carbocycles. The number of allylic oxidation sites excluding steroid dienone is 1. The zero-order valence-corrected chi connectivity index (χ0v) is 19.4. The number of fused-ring (bicyclic) bond motifs is 1. The van der Waals surface area contributed by atoms with Gasteiger partial charge in [0.1, 0.15) is 18.1 Å². The molecule has 1 aliphatic rings. The highest BCUT2D eigenvalue weighted by molar-refractivity contribution is 6.42. The molecule has 1 aliphatic heterocycles. The van der Waals surface area contributed by atoms with Gasteiger partial charge in [0.2, 0.25) is 5.78 Å². The summed E-state index contributed by atoms with van der Waals surface area (Å²) in [6.45, 7) is 6.48. The highest BCUT2D eigenvalue weighted by Gasteiger charge is 2.27. The number of ketones is 1. The van der Waals surface area contributed by atoms with Gasteiger partial charge in [-0.05, 0) is 67.4 Å². The van der Waals surface area contributed by atoms with Crippen LogP contribution in [0.2, 0.25) is 10.0 Å². The number of Topliss-reactive ketones (excluding diaryl/α,β-unsaturated/α-hetero) is 1. The van der Waals surface area contributed by atoms with Crippen LogP contribution in [-0.4, -0.2) is 18.9 Å². The normalized spacial score (nSPS) is 13.8. The molecular formula is C26H23Cl2NO3. The molecule has 0 radical (unpaired) electrons. The number of nitrogens with zero attached hydrogens (tertiary/aromatic N) is 1. The Hall–Kier alpha value is -2.95. The van der Waals surface area contributed by atoms with E-state index < -0.39 is 0 Å². The molecule has 164 valence electrons. The number of carbonyl (C=O) groups is 1. The van der Waals surface area contributed by atoms with Crippen LogP contribution in [0.3, 0.4) is 0 Å². The van der Waals surface area contributed by atoms with Crippen LogP contribution in [-0.2, 0) is 6.61 Å². The average Bonchev–Trinajstić information content (AvgIpc) is 3.11. The van der Waals surface area contributed by atoms with Gasteiger partial charge in [0.05, 0.1) is 15.6 Å². The maximum Gasteiger partial charge on any atom is 0.231 e. The van der Waals surface area contributed by atoms with Crippen molar-refractivity contribution in [2.24, 2.45) is 0 Å². The van der Waals surface area contributed by atoms with Gasteiger partial charge in [-0.15, -0.1) is 0 Å². The third-order valence-corrected chi connectivity index (χ3v) is 6.09. The molecule has 4 rings (SSSR count). The molecule has 0 unspecified atom stereocenters. The van der Waals surface area contributed by atoms with E-state index in [0.717, 1.165) is 29.9 Å². The second-order valence-corrected chi connectivity index (χ2v) is 8.21. The standard InChI is InChI=1S/C26H23Cl2NO3/c1-3-29(4-2)19-8-5-17(6-9-19)14-25-26(30)21-11-10-20(15-24(21)32-25)31-16-18-7-12-22(27)23(28)13-18/h5-15H,3-4,16H2,1-2H3/b25-14-. The van der Waals surface area contributed by atoms with Gasteiger partial charge < -0.3 is 14.4 Å². The van der Waals surface area contributed by atoms with Crippen LogP contribution < -0.4 is 14.4 Å². The Balaban J connectivity index is 1.46. The van der Waals surface area contributed by atoms with Crippen LogP contribution >= 0.6 is 23.2 Å². The summed E-state index contributed by atoms with van der Waals surface area (Å²) < 4.78 is 11.7. The lowest BCUT2D eigenvalue weighted by molar-refractivity contribution is 0.101. The number of ether oxygens (including phenoxy) is 2. The topological polar surface area (TPSA) is 38.8 Å². The zero-order valence-electron chi connectivity index (χ0n) is 17.9. The summed E-state index contributed by atoms with van der Waals surface area (Å²) in [7, 11) is 0. The fourth-order valence-electron chi connectivity index (χ4n) is 3.57. The van der Waals surface area contributed by atoms with Gasteiger partial charge in [0.25, 0.3) is 0 Å². The Bertz CT molecular complexity index is 1170. The number of hydrogen-bond donors (Lipinski definition) is 0. The van der Waals surface area contributed by atoms with Crippen molar-refractivity contribution in [3.63, 3.8) is 0 Å². The third kappa shape index (κ3) is 4.77. The molecule has 6 heteroatoms. The van der Waals surface area contributed by atoms with Crippen molar-refractivity contribution in [2.45, 2.75) is 20.5 Å². The highest BCUT2D eigenvalue weighted by Crippen LogP contribution is 2.35. The van der Waals surface area contributed by atoms with E-state index in [4.69, 9.17) is 32.7 Å². The molecule has 0 saturated carbocycles. The molecular weight excluding hydrogens is 445 g/mol. The minimum Gasteiger partial charge on any atom is -0.489 e. The van der Waals surface area contributed by atoms with Crippen LogP contribution in [0.1, 0.15) is 35.3 Å². The average molecular weight is 468 g/mol. The monoisotopic (exact) mass is 467 g/mol. The first kappa shape index (κ1) is 22.3. The van der Waals surface area contributed by atoms with Crippen LogP contribution in [0.5, 0.6) is 11.5 Å². The Morgan fingerprint density at radius 2 is 1.69 bits per heavy atom. The van der Waals surface area contributed by atoms with Gasteiger partial charge in [0, 0.05) is 24.8 Å². The van der Waals surface area contributed by atoms with Crippen molar-refractivity contribution in [1.82, 2.24) is 0 Å².